The first-order chi connectivity index (χ1) is 17.5. The molecule has 1 aliphatic heterocycles. The van der Waals surface area contributed by atoms with Crippen LogP contribution in [0.2, 0.25) is 5.04 Å². The fraction of sp³-hybridized carbons (Fsp3) is 0.516. The highest BCUT2D eigenvalue weighted by Gasteiger charge is 2.71. The molecule has 1 saturated carbocycles. The van der Waals surface area contributed by atoms with Crippen molar-refractivity contribution in [2.24, 2.45) is 10.8 Å². The van der Waals surface area contributed by atoms with Crippen molar-refractivity contribution in [2.75, 3.05) is 13.2 Å². The van der Waals surface area contributed by atoms with Crippen molar-refractivity contribution in [3.8, 4) is 0 Å². The Bertz CT molecular complexity index is 1130. The van der Waals surface area contributed by atoms with Crippen LogP contribution in [-0.2, 0) is 14.0 Å². The second-order valence-electron chi connectivity index (χ2n) is 12.4. The number of allylic oxidation sites excluding steroid dienone is 1. The summed E-state index contributed by atoms with van der Waals surface area (Å²) in [5.41, 5.74) is -1.91. The third kappa shape index (κ3) is 3.79. The molecule has 5 nitrogen and oxygen atoms in total. The van der Waals surface area contributed by atoms with E-state index >= 15 is 0 Å². The Morgan fingerprint density at radius 1 is 1.05 bits per heavy atom. The van der Waals surface area contributed by atoms with Crippen molar-refractivity contribution in [3.05, 3.63) is 72.3 Å². The van der Waals surface area contributed by atoms with E-state index in [4.69, 9.17) is 9.16 Å². The molecule has 4 atom stereocenters. The Balaban J connectivity index is 1.41. The standard InChI is InChI=1S/C31H40O5Si/c1-28(2,3)37(23-13-7-5-8-14-23,24-15-9-6-10-16-24)36-20-12-19-30-18-11-17-25(30)29(4)22-35-27(33)31(29,34)26(32)21-30/h5-10,13-17,26,32,34H,11-12,18-22H2,1-4H3/t26-,29+,30+,31-/m1/s1. The van der Waals surface area contributed by atoms with Gasteiger partial charge in [0.15, 0.2) is 0 Å². The number of fused-ring (bicyclic) bond motifs is 3. The van der Waals surface area contributed by atoms with E-state index in [0.717, 1.165) is 31.3 Å². The number of carbonyl (C=O) groups excluding carboxylic acids is 1. The van der Waals surface area contributed by atoms with Gasteiger partial charge in [0.25, 0.3) is 8.32 Å². The molecule has 0 unspecified atom stereocenters. The molecule has 2 aromatic rings. The summed E-state index contributed by atoms with van der Waals surface area (Å²) in [5.74, 6) is -0.695. The molecule has 2 N–H and O–H groups in total. The van der Waals surface area contributed by atoms with Crippen molar-refractivity contribution in [1.82, 2.24) is 0 Å². The molecule has 0 aromatic heterocycles. The van der Waals surface area contributed by atoms with Crippen molar-refractivity contribution >= 4 is 24.7 Å². The fourth-order valence-electron chi connectivity index (χ4n) is 7.59. The Kier molecular flexibility index (Phi) is 6.55. The number of hydrogen-bond donors (Lipinski definition) is 2. The van der Waals surface area contributed by atoms with E-state index in [1.54, 1.807) is 0 Å². The molecule has 2 fully saturated rings. The monoisotopic (exact) mass is 520 g/mol. The van der Waals surface area contributed by atoms with E-state index in [1.807, 2.05) is 6.92 Å². The summed E-state index contributed by atoms with van der Waals surface area (Å²) >= 11 is 0. The van der Waals surface area contributed by atoms with Gasteiger partial charge in [-0.15, -0.1) is 0 Å². The van der Waals surface area contributed by atoms with Gasteiger partial charge in [-0.25, -0.2) is 4.79 Å². The number of aliphatic hydroxyl groups excluding tert-OH is 1. The average Bonchev–Trinajstić information content (AvgIpc) is 3.40. The number of benzene rings is 2. The van der Waals surface area contributed by atoms with Crippen LogP contribution < -0.4 is 10.4 Å². The molecule has 3 aliphatic rings. The lowest BCUT2D eigenvalue weighted by Gasteiger charge is -2.52. The first-order valence-electron chi connectivity index (χ1n) is 13.6. The summed E-state index contributed by atoms with van der Waals surface area (Å²) in [6.07, 6.45) is 4.89. The first-order valence-corrected chi connectivity index (χ1v) is 15.5. The number of hydrogen-bond acceptors (Lipinski definition) is 5. The highest BCUT2D eigenvalue weighted by Crippen LogP contribution is 2.64. The van der Waals surface area contributed by atoms with Crippen molar-refractivity contribution < 1.29 is 24.2 Å². The molecular formula is C31H40O5Si. The molecule has 37 heavy (non-hydrogen) atoms. The minimum absolute atomic E-state index is 0.0844. The molecule has 6 heteroatoms. The van der Waals surface area contributed by atoms with E-state index < -0.39 is 31.4 Å². The van der Waals surface area contributed by atoms with Gasteiger partial charge in [-0.1, -0.05) is 93.1 Å². The van der Waals surface area contributed by atoms with Crippen LogP contribution in [0.5, 0.6) is 0 Å². The number of cyclic esters (lactones) is 1. The summed E-state index contributed by atoms with van der Waals surface area (Å²) in [4.78, 5) is 12.5. The van der Waals surface area contributed by atoms with Crippen LogP contribution in [0, 0.1) is 10.8 Å². The molecular weight excluding hydrogens is 480 g/mol. The zero-order valence-electron chi connectivity index (χ0n) is 22.5. The largest absolute Gasteiger partial charge is 0.462 e. The summed E-state index contributed by atoms with van der Waals surface area (Å²) in [5, 5.41) is 24.8. The minimum atomic E-state index is -2.61. The highest BCUT2D eigenvalue weighted by atomic mass is 28.4. The lowest BCUT2D eigenvalue weighted by molar-refractivity contribution is -0.181. The predicted octanol–water partition coefficient (Wildman–Crippen LogP) is 4.11. The maximum absolute atomic E-state index is 12.5. The van der Waals surface area contributed by atoms with Gasteiger partial charge < -0.3 is 19.4 Å². The smallest absolute Gasteiger partial charge is 0.341 e. The maximum atomic E-state index is 12.5. The van der Waals surface area contributed by atoms with Gasteiger partial charge in [-0.3, -0.25) is 0 Å². The van der Waals surface area contributed by atoms with Crippen molar-refractivity contribution in [1.29, 1.82) is 0 Å². The third-order valence-electron chi connectivity index (χ3n) is 9.38. The van der Waals surface area contributed by atoms with E-state index in [9.17, 15) is 15.0 Å². The summed E-state index contributed by atoms with van der Waals surface area (Å²) in [6.45, 7) is 9.45. The molecule has 0 radical (unpaired) electrons. The van der Waals surface area contributed by atoms with Crippen LogP contribution >= 0.6 is 0 Å². The molecule has 1 heterocycles. The molecule has 1 saturated heterocycles. The van der Waals surface area contributed by atoms with Gasteiger partial charge in [0.05, 0.1) is 11.5 Å². The zero-order valence-corrected chi connectivity index (χ0v) is 23.5. The zero-order chi connectivity index (χ0) is 26.5. The SMILES string of the molecule is CC(C)(C)[Si](OCCC[C@]12CCC=C1[C@]1(C)COC(=O)[C@]1(O)[C@H](O)C2)(c1ccccc1)c1ccccc1. The van der Waals surface area contributed by atoms with Crippen LogP contribution in [0.4, 0.5) is 0 Å². The summed E-state index contributed by atoms with van der Waals surface area (Å²) < 4.78 is 12.4. The summed E-state index contributed by atoms with van der Waals surface area (Å²) in [6, 6.07) is 21.3. The average molecular weight is 521 g/mol. The van der Waals surface area contributed by atoms with Gasteiger partial charge >= 0.3 is 5.97 Å². The Labute approximate surface area is 221 Å². The number of carbonyl (C=O) groups is 1. The predicted molar refractivity (Wildman–Crippen MR) is 147 cm³/mol. The Hall–Kier alpha value is -2.25. The van der Waals surface area contributed by atoms with Gasteiger partial charge in [0, 0.05) is 6.61 Å². The maximum Gasteiger partial charge on any atom is 0.341 e. The van der Waals surface area contributed by atoms with Crippen LogP contribution in [0.15, 0.2) is 72.3 Å². The van der Waals surface area contributed by atoms with Crippen LogP contribution in [-0.4, -0.2) is 49.4 Å². The lowest BCUT2D eigenvalue weighted by Crippen LogP contribution is -2.66. The van der Waals surface area contributed by atoms with E-state index in [0.29, 0.717) is 13.0 Å². The minimum Gasteiger partial charge on any atom is -0.462 e. The third-order valence-corrected chi connectivity index (χ3v) is 14.4. The topological polar surface area (TPSA) is 76.0 Å². The highest BCUT2D eigenvalue weighted by molar-refractivity contribution is 6.99. The number of esters is 1. The van der Waals surface area contributed by atoms with Crippen molar-refractivity contribution in [2.45, 2.75) is 76.5 Å². The Morgan fingerprint density at radius 3 is 2.22 bits per heavy atom. The van der Waals surface area contributed by atoms with Crippen LogP contribution in [0.25, 0.3) is 0 Å². The lowest BCUT2D eigenvalue weighted by atomic mass is 9.52. The first kappa shape index (κ1) is 26.4. The quantitative estimate of drug-likeness (QED) is 0.249. The molecule has 0 spiro atoms. The molecule has 0 amide bonds. The molecule has 2 aliphatic carbocycles. The Morgan fingerprint density at radius 2 is 1.65 bits per heavy atom. The molecule has 198 valence electrons. The molecule has 2 aromatic carbocycles. The molecule has 0 bridgehead atoms. The number of ether oxygens (including phenoxy) is 1. The second kappa shape index (κ2) is 9.19. The van der Waals surface area contributed by atoms with E-state index in [-0.39, 0.29) is 17.1 Å². The van der Waals surface area contributed by atoms with Crippen molar-refractivity contribution in [3.63, 3.8) is 0 Å². The molecule has 5 rings (SSSR count). The van der Waals surface area contributed by atoms with E-state index in [2.05, 4.69) is 87.5 Å². The summed E-state index contributed by atoms with van der Waals surface area (Å²) in [7, 11) is -2.61. The van der Waals surface area contributed by atoms with Gasteiger partial charge in [0.2, 0.25) is 5.60 Å². The van der Waals surface area contributed by atoms with Gasteiger partial charge in [-0.2, -0.15) is 0 Å². The second-order valence-corrected chi connectivity index (χ2v) is 16.8. The normalized spacial score (nSPS) is 31.5. The van der Waals surface area contributed by atoms with Gasteiger partial charge in [-0.05, 0) is 59.9 Å². The van der Waals surface area contributed by atoms with E-state index in [1.165, 1.54) is 10.4 Å². The van der Waals surface area contributed by atoms with Gasteiger partial charge in [0.1, 0.15) is 6.61 Å². The number of aliphatic hydroxyl groups is 2. The van der Waals surface area contributed by atoms with Crippen LogP contribution in [0.3, 0.4) is 0 Å². The fourth-order valence-corrected chi connectivity index (χ4v) is 12.2. The van der Waals surface area contributed by atoms with Crippen LogP contribution in [0.1, 0.15) is 59.8 Å². The number of rotatable bonds is 7.